The molecule has 0 N–H and O–H groups in total. The maximum absolute atomic E-state index is 13.3. The van der Waals surface area contributed by atoms with Crippen molar-refractivity contribution in [2.45, 2.75) is 19.4 Å². The molecule has 0 aliphatic carbocycles. The molecule has 0 aromatic heterocycles. The fourth-order valence-electron chi connectivity index (χ4n) is 4.97. The van der Waals surface area contributed by atoms with Crippen molar-refractivity contribution in [1.82, 2.24) is 9.80 Å². The van der Waals surface area contributed by atoms with Crippen molar-refractivity contribution >= 4 is 11.6 Å². The van der Waals surface area contributed by atoms with Gasteiger partial charge in [-0.1, -0.05) is 18.2 Å². The van der Waals surface area contributed by atoms with E-state index in [0.29, 0.717) is 23.2 Å². The fraction of sp³-hybridized carbons (Fsp3) is 0.500. The highest BCUT2D eigenvalue weighted by Gasteiger charge is 2.31. The smallest absolute Gasteiger partial charge is 0.227 e. The van der Waals surface area contributed by atoms with Crippen LogP contribution in [0.5, 0.6) is 17.2 Å². The lowest BCUT2D eigenvalue weighted by molar-refractivity contribution is -0.137. The van der Waals surface area contributed by atoms with E-state index in [-0.39, 0.29) is 5.92 Å². The van der Waals surface area contributed by atoms with Gasteiger partial charge in [0.05, 0.1) is 27.2 Å². The molecular formula is C26H35N3O4. The average Bonchev–Trinajstić information content (AvgIpc) is 2.88. The van der Waals surface area contributed by atoms with E-state index in [1.165, 1.54) is 5.69 Å². The van der Waals surface area contributed by atoms with E-state index < -0.39 is 0 Å². The van der Waals surface area contributed by atoms with Gasteiger partial charge in [0.2, 0.25) is 11.7 Å². The van der Waals surface area contributed by atoms with Gasteiger partial charge in [0.1, 0.15) is 0 Å². The fourth-order valence-corrected chi connectivity index (χ4v) is 4.97. The Bertz CT molecular complexity index is 903. The minimum atomic E-state index is 0.0593. The van der Waals surface area contributed by atoms with E-state index in [2.05, 4.69) is 39.0 Å². The second kappa shape index (κ2) is 10.8. The van der Waals surface area contributed by atoms with Crippen molar-refractivity contribution in [3.63, 3.8) is 0 Å². The number of nitrogens with zero attached hydrogens (tertiary/aromatic N) is 3. The number of hydrogen-bond acceptors (Lipinski definition) is 6. The van der Waals surface area contributed by atoms with E-state index in [1.807, 2.05) is 18.2 Å². The number of para-hydroxylation sites is 1. The average molecular weight is 454 g/mol. The van der Waals surface area contributed by atoms with Gasteiger partial charge >= 0.3 is 0 Å². The molecule has 1 amide bonds. The summed E-state index contributed by atoms with van der Waals surface area (Å²) in [6.45, 7) is 5.88. The Morgan fingerprint density at radius 1 is 0.909 bits per heavy atom. The summed E-state index contributed by atoms with van der Waals surface area (Å²) >= 11 is 0. The number of hydrogen-bond donors (Lipinski definition) is 0. The predicted molar refractivity (Wildman–Crippen MR) is 129 cm³/mol. The van der Waals surface area contributed by atoms with Gasteiger partial charge in [-0.2, -0.15) is 0 Å². The zero-order valence-electron chi connectivity index (χ0n) is 20.0. The van der Waals surface area contributed by atoms with Crippen molar-refractivity contribution in [3.8, 4) is 17.2 Å². The number of piperidine rings is 1. The number of benzene rings is 2. The summed E-state index contributed by atoms with van der Waals surface area (Å²) in [7, 11) is 4.88. The number of likely N-dealkylation sites (tertiary alicyclic amines) is 1. The summed E-state index contributed by atoms with van der Waals surface area (Å²) in [5, 5.41) is 0. The molecule has 178 valence electrons. The number of carbonyl (C=O) groups is 1. The van der Waals surface area contributed by atoms with E-state index in [0.717, 1.165) is 64.2 Å². The molecule has 0 spiro atoms. The molecule has 0 unspecified atom stereocenters. The molecule has 2 aliphatic heterocycles. The minimum Gasteiger partial charge on any atom is -0.493 e. The summed E-state index contributed by atoms with van der Waals surface area (Å²) in [5.74, 6) is 2.28. The van der Waals surface area contributed by atoms with Gasteiger partial charge in [0.15, 0.2) is 11.5 Å². The Kier molecular flexibility index (Phi) is 7.60. The van der Waals surface area contributed by atoms with Crippen molar-refractivity contribution in [2.75, 3.05) is 65.5 Å². The van der Waals surface area contributed by atoms with E-state index in [9.17, 15) is 4.79 Å². The summed E-state index contributed by atoms with van der Waals surface area (Å²) in [4.78, 5) is 20.1. The molecule has 33 heavy (non-hydrogen) atoms. The lowest BCUT2D eigenvalue weighted by Gasteiger charge is -2.39. The van der Waals surface area contributed by atoms with Gasteiger partial charge in [-0.15, -0.1) is 0 Å². The quantitative estimate of drug-likeness (QED) is 0.642. The number of piperazine rings is 1. The summed E-state index contributed by atoms with van der Waals surface area (Å²) in [6.07, 6.45) is 1.99. The Hall–Kier alpha value is -2.93. The molecule has 1 atom stereocenters. The van der Waals surface area contributed by atoms with Crippen LogP contribution in [0.15, 0.2) is 42.5 Å². The molecule has 0 saturated carbocycles. The van der Waals surface area contributed by atoms with Gasteiger partial charge in [-0.25, -0.2) is 0 Å². The summed E-state index contributed by atoms with van der Waals surface area (Å²) < 4.78 is 16.4. The van der Waals surface area contributed by atoms with Crippen molar-refractivity contribution in [2.24, 2.45) is 5.92 Å². The molecule has 2 saturated heterocycles. The molecule has 4 rings (SSSR count). The first-order chi connectivity index (χ1) is 16.1. The second-order valence-electron chi connectivity index (χ2n) is 8.76. The third kappa shape index (κ3) is 5.36. The van der Waals surface area contributed by atoms with Crippen molar-refractivity contribution < 1.29 is 19.0 Å². The SMILES string of the molecule is COc1cc(CN2CCC[C@H](C(=O)N3CCN(c4ccccc4)CC3)C2)cc(OC)c1OC. The maximum Gasteiger partial charge on any atom is 0.227 e. The highest BCUT2D eigenvalue weighted by molar-refractivity contribution is 5.79. The van der Waals surface area contributed by atoms with Crippen LogP contribution in [0.1, 0.15) is 18.4 Å². The van der Waals surface area contributed by atoms with Crippen molar-refractivity contribution in [1.29, 1.82) is 0 Å². The number of methoxy groups -OCH3 is 3. The standard InChI is InChI=1S/C26H35N3O4/c1-31-23-16-20(17-24(32-2)25(23)33-3)18-27-11-7-8-21(19-27)26(30)29-14-12-28(13-15-29)22-9-5-4-6-10-22/h4-6,9-10,16-17,21H,7-8,11-15,18-19H2,1-3H3/t21-/m0/s1. The number of amides is 1. The molecule has 0 radical (unpaired) electrons. The van der Waals surface area contributed by atoms with Crippen LogP contribution in [0.4, 0.5) is 5.69 Å². The Morgan fingerprint density at radius 2 is 1.58 bits per heavy atom. The highest BCUT2D eigenvalue weighted by atomic mass is 16.5. The first-order valence-electron chi connectivity index (χ1n) is 11.7. The first kappa shape index (κ1) is 23.2. The zero-order valence-corrected chi connectivity index (χ0v) is 20.0. The van der Waals surface area contributed by atoms with Crippen LogP contribution in [0.2, 0.25) is 0 Å². The number of carbonyl (C=O) groups excluding carboxylic acids is 1. The van der Waals surface area contributed by atoms with Gasteiger partial charge in [-0.05, 0) is 49.2 Å². The van der Waals surface area contributed by atoms with Crippen LogP contribution in [0, 0.1) is 5.92 Å². The Morgan fingerprint density at radius 3 is 2.18 bits per heavy atom. The predicted octanol–water partition coefficient (Wildman–Crippen LogP) is 3.27. The molecule has 2 aromatic rings. The minimum absolute atomic E-state index is 0.0593. The highest BCUT2D eigenvalue weighted by Crippen LogP contribution is 2.38. The van der Waals surface area contributed by atoms with Crippen LogP contribution in [0.3, 0.4) is 0 Å². The van der Waals surface area contributed by atoms with Crippen molar-refractivity contribution in [3.05, 3.63) is 48.0 Å². The van der Waals surface area contributed by atoms with Crippen LogP contribution < -0.4 is 19.1 Å². The van der Waals surface area contributed by atoms with Crippen LogP contribution in [0.25, 0.3) is 0 Å². The third-order valence-corrected chi connectivity index (χ3v) is 6.70. The van der Waals surface area contributed by atoms with Crippen LogP contribution in [-0.2, 0) is 11.3 Å². The van der Waals surface area contributed by atoms with Gasteiger partial charge in [0, 0.05) is 45.0 Å². The molecular weight excluding hydrogens is 418 g/mol. The van der Waals surface area contributed by atoms with Gasteiger partial charge in [-0.3, -0.25) is 9.69 Å². The summed E-state index contributed by atoms with van der Waals surface area (Å²) in [6, 6.07) is 14.4. The van der Waals surface area contributed by atoms with E-state index >= 15 is 0 Å². The first-order valence-corrected chi connectivity index (χ1v) is 11.7. The van der Waals surface area contributed by atoms with Gasteiger partial charge in [0.25, 0.3) is 0 Å². The topological polar surface area (TPSA) is 54.5 Å². The monoisotopic (exact) mass is 453 g/mol. The molecule has 7 heteroatoms. The molecule has 2 heterocycles. The summed E-state index contributed by atoms with van der Waals surface area (Å²) in [5.41, 5.74) is 2.33. The van der Waals surface area contributed by atoms with Crippen LogP contribution in [-0.4, -0.2) is 76.3 Å². The second-order valence-corrected chi connectivity index (χ2v) is 8.76. The number of ether oxygens (including phenoxy) is 3. The molecule has 0 bridgehead atoms. The lowest BCUT2D eigenvalue weighted by atomic mass is 9.95. The third-order valence-electron chi connectivity index (χ3n) is 6.70. The molecule has 2 aliphatic rings. The molecule has 2 fully saturated rings. The Labute approximate surface area is 196 Å². The van der Waals surface area contributed by atoms with Gasteiger partial charge < -0.3 is 24.0 Å². The lowest BCUT2D eigenvalue weighted by Crippen LogP contribution is -2.52. The largest absolute Gasteiger partial charge is 0.493 e. The normalized spacial score (nSPS) is 19.3. The number of rotatable bonds is 7. The van der Waals surface area contributed by atoms with E-state index in [4.69, 9.17) is 14.2 Å². The number of anilines is 1. The zero-order chi connectivity index (χ0) is 23.2. The Balaban J connectivity index is 1.35. The molecule has 7 nitrogen and oxygen atoms in total. The maximum atomic E-state index is 13.3. The molecule has 2 aromatic carbocycles. The van der Waals surface area contributed by atoms with E-state index in [1.54, 1.807) is 21.3 Å². The van der Waals surface area contributed by atoms with Crippen LogP contribution >= 0.6 is 0 Å².